The molecule has 3 aromatic rings. The molecular weight excluding hydrogens is 419 g/mol. The molecule has 1 heterocycles. The Kier molecular flexibility index (Phi) is 4.79. The molecule has 0 atom stereocenters. The first-order chi connectivity index (χ1) is 11.8. The number of anilines is 2. The minimum absolute atomic E-state index is 0.0961. The summed E-state index contributed by atoms with van der Waals surface area (Å²) in [7, 11) is 1.79. The zero-order chi connectivity index (χ0) is 18.2. The molecule has 0 aliphatic carbocycles. The third-order valence-corrected chi connectivity index (χ3v) is 4.50. The van der Waals surface area contributed by atoms with E-state index in [9.17, 15) is 13.2 Å². The topological polar surface area (TPSA) is 29.9 Å². The molecule has 0 bridgehead atoms. The van der Waals surface area contributed by atoms with Gasteiger partial charge in [-0.2, -0.15) is 18.3 Å². The predicted molar refractivity (Wildman–Crippen MR) is 96.1 cm³/mol. The fourth-order valence-corrected chi connectivity index (χ4v) is 3.41. The lowest BCUT2D eigenvalue weighted by molar-refractivity contribution is -0.136. The van der Waals surface area contributed by atoms with Gasteiger partial charge in [-0.05, 0) is 40.2 Å². The van der Waals surface area contributed by atoms with Crippen LogP contribution >= 0.6 is 27.5 Å². The number of nitrogens with zero attached hydrogens (tertiary/aromatic N) is 2. The maximum absolute atomic E-state index is 13.3. The molecule has 2 aromatic carbocycles. The Morgan fingerprint density at radius 2 is 1.88 bits per heavy atom. The molecule has 1 N–H and O–H groups in total. The van der Waals surface area contributed by atoms with Crippen molar-refractivity contribution in [1.29, 1.82) is 0 Å². The van der Waals surface area contributed by atoms with Crippen LogP contribution in [0.5, 0.6) is 0 Å². The van der Waals surface area contributed by atoms with E-state index in [1.165, 1.54) is 18.2 Å². The van der Waals surface area contributed by atoms with Crippen molar-refractivity contribution in [2.45, 2.75) is 6.18 Å². The highest BCUT2D eigenvalue weighted by Crippen LogP contribution is 2.41. The summed E-state index contributed by atoms with van der Waals surface area (Å²) in [5.41, 5.74) is 1.17. The van der Waals surface area contributed by atoms with Crippen molar-refractivity contribution >= 4 is 38.9 Å². The van der Waals surface area contributed by atoms with E-state index < -0.39 is 11.7 Å². The van der Waals surface area contributed by atoms with Crippen LogP contribution in [0.4, 0.5) is 24.5 Å². The lowest BCUT2D eigenvalue weighted by atomic mass is 10.1. The van der Waals surface area contributed by atoms with Gasteiger partial charge in [0.2, 0.25) is 0 Å². The summed E-state index contributed by atoms with van der Waals surface area (Å²) in [6.45, 7) is 0. The first kappa shape index (κ1) is 17.8. The number of aromatic nitrogens is 2. The Labute approximate surface area is 155 Å². The fourth-order valence-electron chi connectivity index (χ4n) is 2.55. The first-order valence-electron chi connectivity index (χ1n) is 7.18. The molecule has 3 rings (SSSR count). The first-order valence-corrected chi connectivity index (χ1v) is 8.35. The summed E-state index contributed by atoms with van der Waals surface area (Å²) in [6, 6.07) is 11.1. The van der Waals surface area contributed by atoms with Crippen LogP contribution in [0.25, 0.3) is 11.3 Å². The maximum atomic E-state index is 13.3. The van der Waals surface area contributed by atoms with Crippen LogP contribution in [0.3, 0.4) is 0 Å². The number of benzene rings is 2. The number of rotatable bonds is 3. The molecule has 3 nitrogen and oxygen atoms in total. The summed E-state index contributed by atoms with van der Waals surface area (Å²) < 4.78 is 42.3. The molecule has 0 saturated heterocycles. The van der Waals surface area contributed by atoms with Crippen molar-refractivity contribution in [2.75, 3.05) is 5.32 Å². The number of aryl methyl sites for hydroxylation is 1. The third-order valence-electron chi connectivity index (χ3n) is 3.61. The Hall–Kier alpha value is -1.99. The molecule has 0 fully saturated rings. The zero-order valence-electron chi connectivity index (χ0n) is 12.9. The molecule has 0 saturated carbocycles. The van der Waals surface area contributed by atoms with E-state index in [0.717, 1.165) is 15.7 Å². The van der Waals surface area contributed by atoms with E-state index in [4.69, 9.17) is 11.6 Å². The fraction of sp³-hybridized carbons (Fsp3) is 0.118. The third kappa shape index (κ3) is 3.67. The SMILES string of the molecule is Cn1ncc(Br)c1-c1cccc(Nc2cccc(Cl)c2C(F)(F)F)c1. The van der Waals surface area contributed by atoms with Gasteiger partial charge in [-0.25, -0.2) is 0 Å². The molecule has 130 valence electrons. The van der Waals surface area contributed by atoms with Gasteiger partial charge in [0, 0.05) is 18.3 Å². The molecule has 8 heteroatoms. The minimum Gasteiger partial charge on any atom is -0.355 e. The van der Waals surface area contributed by atoms with Gasteiger partial charge in [-0.1, -0.05) is 29.8 Å². The zero-order valence-corrected chi connectivity index (χ0v) is 15.2. The van der Waals surface area contributed by atoms with Crippen LogP contribution in [0, 0.1) is 0 Å². The van der Waals surface area contributed by atoms with Crippen molar-refractivity contribution in [1.82, 2.24) is 9.78 Å². The number of hydrogen-bond acceptors (Lipinski definition) is 2. The van der Waals surface area contributed by atoms with Crippen LogP contribution in [0.2, 0.25) is 5.02 Å². The Balaban J connectivity index is 2.01. The van der Waals surface area contributed by atoms with Crippen LogP contribution in [-0.2, 0) is 13.2 Å². The number of alkyl halides is 3. The van der Waals surface area contributed by atoms with E-state index in [1.807, 2.05) is 6.07 Å². The highest BCUT2D eigenvalue weighted by atomic mass is 79.9. The maximum Gasteiger partial charge on any atom is 0.419 e. The van der Waals surface area contributed by atoms with E-state index in [-0.39, 0.29) is 10.7 Å². The average Bonchev–Trinajstić information content (AvgIpc) is 2.85. The molecule has 0 spiro atoms. The van der Waals surface area contributed by atoms with Gasteiger partial charge in [0.05, 0.1) is 32.6 Å². The summed E-state index contributed by atoms with van der Waals surface area (Å²) in [6.07, 6.45) is -2.89. The van der Waals surface area contributed by atoms with Crippen molar-refractivity contribution < 1.29 is 13.2 Å². The molecule has 25 heavy (non-hydrogen) atoms. The lowest BCUT2D eigenvalue weighted by Gasteiger charge is -2.16. The molecule has 1 aromatic heterocycles. The van der Waals surface area contributed by atoms with Gasteiger partial charge in [-0.3, -0.25) is 4.68 Å². The van der Waals surface area contributed by atoms with Crippen molar-refractivity contribution in [3.63, 3.8) is 0 Å². The van der Waals surface area contributed by atoms with E-state index in [1.54, 1.807) is 36.1 Å². The highest BCUT2D eigenvalue weighted by molar-refractivity contribution is 9.10. The van der Waals surface area contributed by atoms with Gasteiger partial charge in [0.1, 0.15) is 0 Å². The van der Waals surface area contributed by atoms with Crippen molar-refractivity contribution in [3.05, 3.63) is 63.7 Å². The van der Waals surface area contributed by atoms with E-state index in [0.29, 0.717) is 5.69 Å². The number of halogens is 5. The molecule has 0 aliphatic heterocycles. The monoisotopic (exact) mass is 429 g/mol. The summed E-state index contributed by atoms with van der Waals surface area (Å²) in [5, 5.41) is 6.61. The van der Waals surface area contributed by atoms with Crippen LogP contribution in [0.15, 0.2) is 53.1 Å². The average molecular weight is 431 g/mol. The van der Waals surface area contributed by atoms with Gasteiger partial charge in [0.25, 0.3) is 0 Å². The van der Waals surface area contributed by atoms with Gasteiger partial charge in [0.15, 0.2) is 0 Å². The van der Waals surface area contributed by atoms with Gasteiger partial charge < -0.3 is 5.32 Å². The standard InChI is InChI=1S/C17H12BrClF3N3/c1-25-16(12(18)9-23-25)10-4-2-5-11(8-10)24-14-7-3-6-13(19)15(14)17(20,21)22/h2-9,24H,1H3. The van der Waals surface area contributed by atoms with Crippen LogP contribution in [-0.4, -0.2) is 9.78 Å². The van der Waals surface area contributed by atoms with Crippen molar-refractivity contribution in [3.8, 4) is 11.3 Å². The Bertz CT molecular complexity index is 902. The molecule has 0 aliphatic rings. The largest absolute Gasteiger partial charge is 0.419 e. The normalized spacial score (nSPS) is 11.6. The summed E-state index contributed by atoms with van der Waals surface area (Å²) in [5.74, 6) is 0. The lowest BCUT2D eigenvalue weighted by Crippen LogP contribution is -2.09. The van der Waals surface area contributed by atoms with E-state index in [2.05, 4.69) is 26.3 Å². The number of hydrogen-bond donors (Lipinski definition) is 1. The molecule has 0 radical (unpaired) electrons. The Morgan fingerprint density at radius 3 is 2.52 bits per heavy atom. The molecular formula is C17H12BrClF3N3. The second kappa shape index (κ2) is 6.72. The van der Waals surface area contributed by atoms with E-state index >= 15 is 0 Å². The quantitative estimate of drug-likeness (QED) is 0.531. The number of nitrogens with one attached hydrogen (secondary N) is 1. The second-order valence-corrected chi connectivity index (χ2v) is 6.59. The van der Waals surface area contributed by atoms with Crippen LogP contribution < -0.4 is 5.32 Å². The summed E-state index contributed by atoms with van der Waals surface area (Å²) in [4.78, 5) is 0. The predicted octanol–water partition coefficient (Wildman–Crippen LogP) is 6.27. The summed E-state index contributed by atoms with van der Waals surface area (Å²) >= 11 is 9.18. The molecule has 0 amide bonds. The molecule has 0 unspecified atom stereocenters. The van der Waals surface area contributed by atoms with Gasteiger partial charge in [-0.15, -0.1) is 0 Å². The minimum atomic E-state index is -4.55. The van der Waals surface area contributed by atoms with Crippen molar-refractivity contribution in [2.24, 2.45) is 7.05 Å². The smallest absolute Gasteiger partial charge is 0.355 e. The second-order valence-electron chi connectivity index (χ2n) is 5.33. The highest BCUT2D eigenvalue weighted by Gasteiger charge is 2.36. The van der Waals surface area contributed by atoms with Crippen LogP contribution in [0.1, 0.15) is 5.56 Å². The van der Waals surface area contributed by atoms with Gasteiger partial charge >= 0.3 is 6.18 Å². The Morgan fingerprint density at radius 1 is 1.16 bits per heavy atom.